The molecule has 0 aliphatic carbocycles. The first-order chi connectivity index (χ1) is 20.7. The van der Waals surface area contributed by atoms with Crippen LogP contribution in [0.4, 0.5) is 0 Å². The Kier molecular flexibility index (Phi) is 9.08. The first-order valence-corrected chi connectivity index (χ1v) is 14.7. The van der Waals surface area contributed by atoms with Gasteiger partial charge >= 0.3 is 5.97 Å². The number of guanidine groups is 1. The van der Waals surface area contributed by atoms with E-state index in [1.165, 1.54) is 0 Å². The molecule has 0 bridgehead atoms. The van der Waals surface area contributed by atoms with E-state index in [1.54, 1.807) is 35.6 Å². The van der Waals surface area contributed by atoms with Gasteiger partial charge in [-0.25, -0.2) is 4.79 Å². The molecule has 5 rings (SSSR count). The van der Waals surface area contributed by atoms with Crippen molar-refractivity contribution in [2.45, 2.75) is 38.8 Å². The highest BCUT2D eigenvalue weighted by atomic mass is 35.5. The van der Waals surface area contributed by atoms with Crippen LogP contribution in [0.25, 0.3) is 11.0 Å². The summed E-state index contributed by atoms with van der Waals surface area (Å²) in [4.78, 5) is 46.0. The monoisotopic (exact) mass is 624 g/mol. The summed E-state index contributed by atoms with van der Waals surface area (Å²) < 4.78 is 5.43. The summed E-state index contributed by atoms with van der Waals surface area (Å²) in [6.07, 6.45) is 5.69. The number of rotatable bonds is 6. The Labute approximate surface area is 258 Å². The van der Waals surface area contributed by atoms with Gasteiger partial charge in [-0.3, -0.25) is 9.59 Å². The Morgan fingerprint density at radius 3 is 2.77 bits per heavy atom. The molecular weight excluding hydrogens is 595 g/mol. The zero-order chi connectivity index (χ0) is 30.7. The molecule has 2 amide bonds. The number of aliphatic carboxylic acids is 1. The van der Waals surface area contributed by atoms with Crippen LogP contribution in [0.2, 0.25) is 10.0 Å². The van der Waals surface area contributed by atoms with Crippen molar-refractivity contribution >= 4 is 57.9 Å². The number of piperidine rings is 1. The third-order valence-electron chi connectivity index (χ3n) is 7.80. The second-order valence-corrected chi connectivity index (χ2v) is 11.6. The lowest BCUT2D eigenvalue weighted by Gasteiger charge is -2.33. The largest absolute Gasteiger partial charge is 0.480 e. The lowest BCUT2D eigenvalue weighted by molar-refractivity contribution is -0.139. The number of amides is 2. The van der Waals surface area contributed by atoms with E-state index in [4.69, 9.17) is 32.9 Å². The van der Waals surface area contributed by atoms with E-state index in [2.05, 4.69) is 22.5 Å². The van der Waals surface area contributed by atoms with E-state index in [0.717, 1.165) is 18.2 Å². The molecule has 224 valence electrons. The highest BCUT2D eigenvalue weighted by molar-refractivity contribution is 6.40. The maximum absolute atomic E-state index is 13.3. The summed E-state index contributed by atoms with van der Waals surface area (Å²) in [6.45, 7) is 3.85. The van der Waals surface area contributed by atoms with Gasteiger partial charge < -0.3 is 30.0 Å². The Balaban J connectivity index is 1.28. The summed E-state index contributed by atoms with van der Waals surface area (Å²) in [5.41, 5.74) is 2.45. The van der Waals surface area contributed by atoms with Gasteiger partial charge in [0.1, 0.15) is 11.6 Å². The van der Waals surface area contributed by atoms with Crippen LogP contribution in [0.15, 0.2) is 46.0 Å². The van der Waals surface area contributed by atoms with Crippen LogP contribution in [-0.2, 0) is 17.8 Å². The van der Waals surface area contributed by atoms with E-state index in [0.29, 0.717) is 54.2 Å². The van der Waals surface area contributed by atoms with Crippen molar-refractivity contribution in [2.24, 2.45) is 10.9 Å². The predicted octanol–water partition coefficient (Wildman–Crippen LogP) is 4.28. The summed E-state index contributed by atoms with van der Waals surface area (Å²) in [5, 5.41) is 25.5. The Bertz CT molecular complexity index is 1650. The highest BCUT2D eigenvalue weighted by Crippen LogP contribution is 2.35. The molecule has 0 spiro atoms. The molecule has 3 N–H and O–H groups in total. The predicted molar refractivity (Wildman–Crippen MR) is 161 cm³/mol. The molecule has 2 aromatic carbocycles. The second kappa shape index (κ2) is 12.9. The number of likely N-dealkylation sites (tertiary alicyclic amines) is 1. The first kappa shape index (κ1) is 30.2. The molecule has 43 heavy (non-hydrogen) atoms. The van der Waals surface area contributed by atoms with Gasteiger partial charge in [-0.15, -0.1) is 4.99 Å². The lowest BCUT2D eigenvalue weighted by atomic mass is 9.96. The topological polar surface area (TPSA) is 151 Å². The number of carbonyl (C=O) groups excluding carboxylic acids is 2. The maximum atomic E-state index is 13.3. The van der Waals surface area contributed by atoms with Gasteiger partial charge in [-0.05, 0) is 60.6 Å². The molecule has 11 nitrogen and oxygen atoms in total. The number of carboxylic acids is 1. The summed E-state index contributed by atoms with van der Waals surface area (Å²) >= 11 is 13.2. The van der Waals surface area contributed by atoms with Crippen LogP contribution in [0.3, 0.4) is 0 Å². The summed E-state index contributed by atoms with van der Waals surface area (Å²) in [6, 6.07) is 7.34. The number of hydrogen-bond acceptors (Lipinski definition) is 6. The molecule has 2 aliphatic rings. The van der Waals surface area contributed by atoms with Crippen LogP contribution < -0.4 is 10.6 Å². The number of carboxylic acid groups (broad SMARTS) is 1. The molecule has 0 saturated carbocycles. The minimum Gasteiger partial charge on any atom is -0.480 e. The lowest BCUT2D eigenvalue weighted by Crippen LogP contribution is -2.53. The quantitative estimate of drug-likeness (QED) is 0.209. The van der Waals surface area contributed by atoms with Gasteiger partial charge in [0.15, 0.2) is 0 Å². The van der Waals surface area contributed by atoms with Crippen LogP contribution in [0.5, 0.6) is 0 Å². The number of nitrogens with one attached hydrogen (secondary N) is 2. The fourth-order valence-electron chi connectivity index (χ4n) is 5.58. The van der Waals surface area contributed by atoms with Crippen molar-refractivity contribution < 1.29 is 23.9 Å². The van der Waals surface area contributed by atoms with Crippen molar-refractivity contribution in [3.8, 4) is 6.19 Å². The van der Waals surface area contributed by atoms with Crippen LogP contribution >= 0.6 is 23.2 Å². The van der Waals surface area contributed by atoms with Crippen molar-refractivity contribution in [1.29, 1.82) is 5.26 Å². The molecule has 3 aromatic rings. The molecule has 1 fully saturated rings. The highest BCUT2D eigenvalue weighted by Gasteiger charge is 2.30. The Hall–Kier alpha value is -4.27. The van der Waals surface area contributed by atoms with Crippen LogP contribution in [-0.4, -0.2) is 70.9 Å². The number of aliphatic imine (C=N–C) groups is 1. The number of benzene rings is 2. The second-order valence-electron chi connectivity index (χ2n) is 10.8. The number of nitrogens with zero attached hydrogens (tertiary/aromatic N) is 4. The molecule has 1 unspecified atom stereocenters. The summed E-state index contributed by atoms with van der Waals surface area (Å²) in [7, 11) is 0. The molecule has 13 heteroatoms. The van der Waals surface area contributed by atoms with Crippen molar-refractivity contribution in [3.63, 3.8) is 0 Å². The van der Waals surface area contributed by atoms with Crippen molar-refractivity contribution in [1.82, 2.24) is 20.4 Å². The number of fused-ring (bicyclic) bond motifs is 2. The van der Waals surface area contributed by atoms with Crippen LogP contribution in [0.1, 0.15) is 51.6 Å². The van der Waals surface area contributed by atoms with E-state index in [-0.39, 0.29) is 40.6 Å². The Morgan fingerprint density at radius 1 is 1.21 bits per heavy atom. The van der Waals surface area contributed by atoms with Crippen LogP contribution in [0, 0.1) is 17.4 Å². The number of carbonyl (C=O) groups is 3. The van der Waals surface area contributed by atoms with Crippen molar-refractivity contribution in [2.75, 3.05) is 26.2 Å². The van der Waals surface area contributed by atoms with Gasteiger partial charge in [0.2, 0.25) is 12.2 Å². The molecule has 1 saturated heterocycles. The minimum atomic E-state index is -1.36. The summed E-state index contributed by atoms with van der Waals surface area (Å²) in [5.74, 6) is -1.53. The van der Waals surface area contributed by atoms with E-state index in [9.17, 15) is 19.5 Å². The number of hydrogen-bond donors (Lipinski definition) is 3. The van der Waals surface area contributed by atoms with Gasteiger partial charge in [0, 0.05) is 43.7 Å². The average Bonchev–Trinajstić information content (AvgIpc) is 3.46. The van der Waals surface area contributed by atoms with E-state index >= 15 is 0 Å². The zero-order valence-corrected chi connectivity index (χ0v) is 24.9. The van der Waals surface area contributed by atoms with Crippen molar-refractivity contribution in [3.05, 3.63) is 68.9 Å². The van der Waals surface area contributed by atoms with Gasteiger partial charge in [-0.2, -0.15) is 5.26 Å². The van der Waals surface area contributed by atoms with Gasteiger partial charge in [0.05, 0.1) is 21.9 Å². The Morgan fingerprint density at radius 2 is 2.02 bits per heavy atom. The molecular formula is C30H30Cl2N6O5. The standard InChI is InChI=1S/C30H30Cl2N6O5/c1-17-3-2-8-38(14-17)30(35-16-33)34-13-23(29(41)42)36-27(39)25-22(31)11-20-15-37(9-6-21(20)26(25)32)28(40)19-5-4-18-7-10-43-24(18)12-19/h4-5,7,10-12,17,23H,2-3,6,8-9,13-15H2,1H3,(H,34,35)(H,36,39)(H,41,42)/t17?,23-/m0/s1. The fraction of sp³-hybridized carbons (Fsp3) is 0.367. The smallest absolute Gasteiger partial charge is 0.328 e. The number of halogens is 2. The molecule has 2 atom stereocenters. The molecule has 1 aromatic heterocycles. The minimum absolute atomic E-state index is 0.0350. The van der Waals surface area contributed by atoms with E-state index < -0.39 is 17.9 Å². The third-order valence-corrected chi connectivity index (χ3v) is 8.52. The first-order valence-electron chi connectivity index (χ1n) is 13.9. The van der Waals surface area contributed by atoms with E-state index in [1.807, 2.05) is 17.0 Å². The molecule has 2 aliphatic heterocycles. The fourth-order valence-corrected chi connectivity index (χ4v) is 6.34. The number of furan rings is 1. The van der Waals surface area contributed by atoms with Gasteiger partial charge in [0.25, 0.3) is 11.8 Å². The molecule has 3 heterocycles. The third kappa shape index (κ3) is 6.55. The SMILES string of the molecule is CC1CCCN(C(=NC#N)NC[C@H](NC(=O)c2c(Cl)cc3c(c2Cl)CCN(C(=O)c2ccc4ccoc4c2)C3)C(=O)O)C1. The number of nitriles is 1. The zero-order valence-electron chi connectivity index (χ0n) is 23.4. The normalized spacial score (nSPS) is 17.6. The maximum Gasteiger partial charge on any atom is 0.328 e. The van der Waals surface area contributed by atoms with Gasteiger partial charge in [-0.1, -0.05) is 36.2 Å². The molecule has 0 radical (unpaired) electrons. The average molecular weight is 626 g/mol.